The summed E-state index contributed by atoms with van der Waals surface area (Å²) in [4.78, 5) is 42.4. The molecule has 1 aliphatic carbocycles. The molecule has 0 unspecified atom stereocenters. The minimum absolute atomic E-state index is 0.191. The van der Waals surface area contributed by atoms with Crippen LogP contribution in [0.15, 0.2) is 17.5 Å². The van der Waals surface area contributed by atoms with Crippen LogP contribution < -0.4 is 5.32 Å². The van der Waals surface area contributed by atoms with Gasteiger partial charge in [-0.05, 0) is 50.6 Å². The number of nitrogens with one attached hydrogen (secondary N) is 1. The van der Waals surface area contributed by atoms with Crippen LogP contribution in [0, 0.1) is 13.8 Å². The summed E-state index contributed by atoms with van der Waals surface area (Å²) in [6.07, 6.45) is 2.37. The van der Waals surface area contributed by atoms with Crippen LogP contribution in [0.4, 0.5) is 4.79 Å². The second-order valence-electron chi connectivity index (χ2n) is 6.59. The summed E-state index contributed by atoms with van der Waals surface area (Å²) in [5.41, 5.74) is 0.522. The molecule has 0 bridgehead atoms. The van der Waals surface area contributed by atoms with E-state index in [0.29, 0.717) is 12.0 Å². The van der Waals surface area contributed by atoms with Crippen molar-refractivity contribution in [3.05, 3.63) is 43.3 Å². The maximum atomic E-state index is 13.1. The number of rotatable bonds is 3. The maximum absolute atomic E-state index is 13.1. The quantitative estimate of drug-likeness (QED) is 0.661. The number of thiophene rings is 2. The molecule has 7 heteroatoms. The van der Waals surface area contributed by atoms with Gasteiger partial charge in [0.2, 0.25) is 0 Å². The molecule has 1 atom stereocenters. The fourth-order valence-electron chi connectivity index (χ4n) is 3.82. The lowest BCUT2D eigenvalue weighted by Gasteiger charge is -2.31. The van der Waals surface area contributed by atoms with Gasteiger partial charge in [0.05, 0.1) is 6.54 Å². The van der Waals surface area contributed by atoms with Crippen LogP contribution >= 0.6 is 22.7 Å². The summed E-state index contributed by atoms with van der Waals surface area (Å²) >= 11 is 3.17. The molecule has 25 heavy (non-hydrogen) atoms. The van der Waals surface area contributed by atoms with Crippen LogP contribution in [-0.4, -0.2) is 29.2 Å². The van der Waals surface area contributed by atoms with Crippen LogP contribution in [0.5, 0.6) is 0 Å². The van der Waals surface area contributed by atoms with Crippen LogP contribution in [0.1, 0.15) is 43.4 Å². The van der Waals surface area contributed by atoms with E-state index in [1.165, 1.54) is 0 Å². The summed E-state index contributed by atoms with van der Waals surface area (Å²) in [5.74, 6) is -0.487. The highest BCUT2D eigenvalue weighted by atomic mass is 32.1. The number of amides is 3. The molecule has 2 aliphatic rings. The zero-order valence-corrected chi connectivity index (χ0v) is 15.7. The van der Waals surface area contributed by atoms with Crippen molar-refractivity contribution in [3.8, 4) is 0 Å². The molecule has 1 N–H and O–H groups in total. The Kier molecular flexibility index (Phi) is 3.81. The van der Waals surface area contributed by atoms with E-state index in [1.807, 2.05) is 31.4 Å². The molecule has 2 aromatic heterocycles. The number of hydrogen-bond acceptors (Lipinski definition) is 5. The molecule has 0 saturated carbocycles. The molecule has 1 saturated heterocycles. The summed E-state index contributed by atoms with van der Waals surface area (Å²) in [5, 5.41) is 4.84. The predicted molar refractivity (Wildman–Crippen MR) is 97.3 cm³/mol. The Morgan fingerprint density at radius 3 is 2.88 bits per heavy atom. The molecule has 1 spiro atoms. The Morgan fingerprint density at radius 1 is 1.36 bits per heavy atom. The first-order valence-electron chi connectivity index (χ1n) is 8.23. The van der Waals surface area contributed by atoms with Crippen LogP contribution in [0.3, 0.4) is 0 Å². The average Bonchev–Trinajstić information content (AvgIpc) is 3.23. The number of ketones is 1. The predicted octanol–water partition coefficient (Wildman–Crippen LogP) is 3.39. The van der Waals surface area contributed by atoms with E-state index in [-0.39, 0.29) is 18.2 Å². The van der Waals surface area contributed by atoms with Crippen molar-refractivity contribution in [2.24, 2.45) is 0 Å². The van der Waals surface area contributed by atoms with E-state index in [4.69, 9.17) is 0 Å². The lowest BCUT2D eigenvalue weighted by molar-refractivity contribution is -0.131. The molecule has 5 nitrogen and oxygen atoms in total. The zero-order chi connectivity index (χ0) is 17.8. The van der Waals surface area contributed by atoms with Gasteiger partial charge in [-0.15, -0.1) is 22.7 Å². The SMILES string of the molecule is Cc1cc(C(=O)CN2C(=O)N[C@@]3(CCCc4sccc43)C2=O)c(C)s1. The monoisotopic (exact) mass is 374 g/mol. The highest BCUT2D eigenvalue weighted by molar-refractivity contribution is 7.12. The molecule has 3 heterocycles. The maximum Gasteiger partial charge on any atom is 0.325 e. The van der Waals surface area contributed by atoms with Gasteiger partial charge >= 0.3 is 6.03 Å². The Morgan fingerprint density at radius 2 is 2.16 bits per heavy atom. The first-order valence-corrected chi connectivity index (χ1v) is 9.93. The van der Waals surface area contributed by atoms with Gasteiger partial charge in [0.25, 0.3) is 5.91 Å². The topological polar surface area (TPSA) is 66.5 Å². The van der Waals surface area contributed by atoms with Gasteiger partial charge in [0.15, 0.2) is 5.78 Å². The number of carbonyl (C=O) groups is 3. The highest BCUT2D eigenvalue weighted by Gasteiger charge is 2.54. The van der Waals surface area contributed by atoms with Crippen molar-refractivity contribution in [2.45, 2.75) is 38.6 Å². The minimum Gasteiger partial charge on any atom is -0.319 e. The second kappa shape index (κ2) is 5.78. The number of aryl methyl sites for hydroxylation is 3. The normalized spacial score (nSPS) is 22.4. The molecule has 130 valence electrons. The Labute approximate surface area is 153 Å². The van der Waals surface area contributed by atoms with Crippen LogP contribution in [-0.2, 0) is 16.8 Å². The van der Waals surface area contributed by atoms with Crippen molar-refractivity contribution >= 4 is 40.4 Å². The van der Waals surface area contributed by atoms with Gasteiger partial charge in [-0.2, -0.15) is 0 Å². The Hall–Kier alpha value is -1.99. The van der Waals surface area contributed by atoms with Gasteiger partial charge < -0.3 is 5.32 Å². The van der Waals surface area contributed by atoms with E-state index in [2.05, 4.69) is 5.32 Å². The third kappa shape index (κ3) is 2.45. The molecule has 0 aromatic carbocycles. The van der Waals surface area contributed by atoms with E-state index in [9.17, 15) is 14.4 Å². The molecule has 3 amide bonds. The standard InChI is InChI=1S/C18H18N2O3S2/c1-10-8-12(11(2)25-10)14(21)9-20-16(22)18(19-17(20)23)6-3-4-15-13(18)5-7-24-15/h5,7-8H,3-4,6,9H2,1-2H3,(H,19,23)/t18-/m1/s1. The number of nitrogens with zero attached hydrogens (tertiary/aromatic N) is 1. The van der Waals surface area contributed by atoms with Crippen molar-refractivity contribution in [2.75, 3.05) is 6.54 Å². The first kappa shape index (κ1) is 16.5. The molecule has 4 rings (SSSR count). The third-order valence-electron chi connectivity index (χ3n) is 4.98. The smallest absolute Gasteiger partial charge is 0.319 e. The molecular formula is C18H18N2O3S2. The molecule has 0 radical (unpaired) electrons. The molecule has 1 aliphatic heterocycles. The van der Waals surface area contributed by atoms with Gasteiger partial charge in [0.1, 0.15) is 5.54 Å². The number of carbonyl (C=O) groups excluding carboxylic acids is 3. The van der Waals surface area contributed by atoms with E-state index < -0.39 is 11.6 Å². The van der Waals surface area contributed by atoms with Crippen molar-refractivity contribution in [1.29, 1.82) is 0 Å². The van der Waals surface area contributed by atoms with E-state index in [1.54, 1.807) is 22.7 Å². The Bertz CT molecular complexity index is 898. The van der Waals surface area contributed by atoms with Gasteiger partial charge in [-0.25, -0.2) is 4.79 Å². The minimum atomic E-state index is -0.982. The highest BCUT2D eigenvalue weighted by Crippen LogP contribution is 2.42. The van der Waals surface area contributed by atoms with E-state index >= 15 is 0 Å². The largest absolute Gasteiger partial charge is 0.325 e. The first-order chi connectivity index (χ1) is 11.9. The number of imide groups is 1. The lowest BCUT2D eigenvalue weighted by atomic mass is 9.80. The summed E-state index contributed by atoms with van der Waals surface area (Å²) in [7, 11) is 0. The van der Waals surface area contributed by atoms with Crippen molar-refractivity contribution in [3.63, 3.8) is 0 Å². The number of hydrogen-bond donors (Lipinski definition) is 1. The molecule has 2 aromatic rings. The second-order valence-corrected chi connectivity index (χ2v) is 9.05. The van der Waals surface area contributed by atoms with Gasteiger partial charge in [-0.1, -0.05) is 0 Å². The average molecular weight is 374 g/mol. The molecule has 1 fully saturated rings. The summed E-state index contributed by atoms with van der Waals surface area (Å²) < 4.78 is 0. The third-order valence-corrected chi connectivity index (χ3v) is 6.93. The lowest BCUT2D eigenvalue weighted by Crippen LogP contribution is -2.46. The van der Waals surface area contributed by atoms with Crippen LogP contribution in [0.2, 0.25) is 0 Å². The zero-order valence-electron chi connectivity index (χ0n) is 14.0. The van der Waals surface area contributed by atoms with Gasteiger partial charge in [0, 0.05) is 25.8 Å². The fraction of sp³-hybridized carbons (Fsp3) is 0.389. The van der Waals surface area contributed by atoms with E-state index in [0.717, 1.165) is 37.9 Å². The number of Topliss-reactive ketones (excluding diaryl/α,β-unsaturated/α-hetero) is 1. The summed E-state index contributed by atoms with van der Waals surface area (Å²) in [6.45, 7) is 3.62. The van der Waals surface area contributed by atoms with Crippen molar-refractivity contribution < 1.29 is 14.4 Å². The number of fused-ring (bicyclic) bond motifs is 2. The fourth-order valence-corrected chi connectivity index (χ4v) is 5.76. The summed E-state index contributed by atoms with van der Waals surface area (Å²) in [6, 6.07) is 3.28. The van der Waals surface area contributed by atoms with Crippen LogP contribution in [0.25, 0.3) is 0 Å². The van der Waals surface area contributed by atoms with Crippen molar-refractivity contribution in [1.82, 2.24) is 10.2 Å². The number of urea groups is 1. The molecular weight excluding hydrogens is 356 g/mol. The Balaban J connectivity index is 1.63. The van der Waals surface area contributed by atoms with Gasteiger partial charge in [-0.3, -0.25) is 14.5 Å².